The highest BCUT2D eigenvalue weighted by molar-refractivity contribution is 7.89. The molecule has 0 N–H and O–H groups in total. The minimum atomic E-state index is -3.68. The number of hydrogen-bond acceptors (Lipinski definition) is 4. The molecule has 0 aromatic heterocycles. The summed E-state index contributed by atoms with van der Waals surface area (Å²) in [6, 6.07) is 11.3. The average molecular weight is 456 g/mol. The molecule has 32 heavy (non-hydrogen) atoms. The van der Waals surface area contributed by atoms with Crippen LogP contribution in [0.5, 0.6) is 0 Å². The molecule has 0 bridgehead atoms. The number of piperazine rings is 1. The number of fused-ring (bicyclic) bond motifs is 1. The first-order chi connectivity index (χ1) is 15.4. The van der Waals surface area contributed by atoms with E-state index in [0.717, 1.165) is 48.2 Å². The maximum absolute atomic E-state index is 13.4. The molecule has 0 radical (unpaired) electrons. The molecule has 5 rings (SSSR count). The number of sulfonamides is 1. The molecule has 6 nitrogen and oxygen atoms in total. The maximum Gasteiger partial charge on any atom is 0.258 e. The van der Waals surface area contributed by atoms with Gasteiger partial charge in [0.1, 0.15) is 5.82 Å². The molecule has 1 amide bonds. The lowest BCUT2D eigenvalue weighted by atomic mass is 10.00. The second-order valence-electron chi connectivity index (χ2n) is 8.60. The lowest BCUT2D eigenvalue weighted by Crippen LogP contribution is -2.48. The number of hydrogen-bond donors (Lipinski definition) is 0. The number of halogens is 1. The van der Waals surface area contributed by atoms with Crippen LogP contribution in [-0.2, 0) is 14.8 Å². The first kappa shape index (κ1) is 21.2. The molecule has 0 atom stereocenters. The van der Waals surface area contributed by atoms with Crippen molar-refractivity contribution in [3.05, 3.63) is 59.4 Å². The van der Waals surface area contributed by atoms with Gasteiger partial charge in [-0.3, -0.25) is 4.79 Å². The molecule has 0 spiro atoms. The fourth-order valence-corrected chi connectivity index (χ4v) is 6.39. The molecule has 8 heteroatoms. The zero-order chi connectivity index (χ0) is 22.5. The Morgan fingerprint density at radius 3 is 2.22 bits per heavy atom. The second-order valence-corrected chi connectivity index (χ2v) is 10.5. The van der Waals surface area contributed by atoms with E-state index in [0.29, 0.717) is 31.8 Å². The Kier molecular flexibility index (Phi) is 5.29. The van der Waals surface area contributed by atoms with Crippen LogP contribution in [-0.4, -0.2) is 51.9 Å². The largest absolute Gasteiger partial charge is 0.369 e. The van der Waals surface area contributed by atoms with Crippen LogP contribution in [0, 0.1) is 5.82 Å². The summed E-state index contributed by atoms with van der Waals surface area (Å²) in [7, 11) is -1.94. The number of carbonyl (C=O) groups excluding carboxylic acids is 1. The van der Waals surface area contributed by atoms with Crippen molar-refractivity contribution in [3.8, 4) is 0 Å². The van der Waals surface area contributed by atoms with Gasteiger partial charge >= 0.3 is 0 Å². The summed E-state index contributed by atoms with van der Waals surface area (Å²) in [4.78, 5) is 16.8. The third kappa shape index (κ3) is 3.51. The predicted molar refractivity (Wildman–Crippen MR) is 123 cm³/mol. The monoisotopic (exact) mass is 455 g/mol. The van der Waals surface area contributed by atoms with Crippen molar-refractivity contribution in [2.45, 2.75) is 30.6 Å². The van der Waals surface area contributed by atoms with Crippen molar-refractivity contribution in [3.63, 3.8) is 0 Å². The molecule has 2 fully saturated rings. The molecule has 0 unspecified atom stereocenters. The van der Waals surface area contributed by atoms with E-state index >= 15 is 0 Å². The van der Waals surface area contributed by atoms with Crippen LogP contribution in [0.15, 0.2) is 52.9 Å². The Labute approximate surface area is 188 Å². The Balaban J connectivity index is 1.40. The third-order valence-corrected chi connectivity index (χ3v) is 8.64. The number of anilines is 2. The SMILES string of the molecule is CN1C(=O)C(=C2CCCC2)c2cc(S(=O)(=O)N3CCN(c4ccc(F)cc4)CC3)ccc21. The molecule has 3 aliphatic rings. The maximum atomic E-state index is 13.4. The van der Waals surface area contributed by atoms with Gasteiger partial charge in [0.15, 0.2) is 0 Å². The smallest absolute Gasteiger partial charge is 0.258 e. The number of likely N-dealkylation sites (N-methyl/N-ethyl adjacent to an activating group) is 1. The highest BCUT2D eigenvalue weighted by Crippen LogP contribution is 2.43. The molecule has 1 saturated heterocycles. The molecular formula is C24H26FN3O3S. The van der Waals surface area contributed by atoms with Crippen molar-refractivity contribution < 1.29 is 17.6 Å². The third-order valence-electron chi connectivity index (χ3n) is 6.75. The number of carbonyl (C=O) groups is 1. The van der Waals surface area contributed by atoms with Gasteiger partial charge in [-0.15, -0.1) is 0 Å². The van der Waals surface area contributed by atoms with E-state index in [4.69, 9.17) is 0 Å². The van der Waals surface area contributed by atoms with Crippen molar-refractivity contribution in [1.82, 2.24) is 4.31 Å². The minimum absolute atomic E-state index is 0.0423. The van der Waals surface area contributed by atoms with Gasteiger partial charge in [-0.25, -0.2) is 12.8 Å². The predicted octanol–water partition coefficient (Wildman–Crippen LogP) is 3.64. The molecule has 1 aliphatic carbocycles. The first-order valence-electron chi connectivity index (χ1n) is 11.0. The number of nitrogens with zero attached hydrogens (tertiary/aromatic N) is 3. The van der Waals surface area contributed by atoms with Crippen molar-refractivity contribution in [2.24, 2.45) is 0 Å². The number of rotatable bonds is 3. The van der Waals surface area contributed by atoms with Crippen LogP contribution in [0.3, 0.4) is 0 Å². The molecule has 2 aromatic rings. The van der Waals surface area contributed by atoms with E-state index in [1.807, 2.05) is 0 Å². The van der Waals surface area contributed by atoms with Gasteiger partial charge in [-0.05, 0) is 68.1 Å². The standard InChI is InChI=1S/C24H26FN3O3S/c1-26-22-11-10-20(16-21(22)23(24(26)29)17-4-2-3-5-17)32(30,31)28-14-12-27(13-15-28)19-8-6-18(25)7-9-19/h6-11,16H,2-5,12-15H2,1H3. The molecular weight excluding hydrogens is 429 g/mol. The van der Waals surface area contributed by atoms with Gasteiger partial charge in [0.2, 0.25) is 10.0 Å². The van der Waals surface area contributed by atoms with E-state index in [2.05, 4.69) is 4.90 Å². The molecule has 2 heterocycles. The fraction of sp³-hybridized carbons (Fsp3) is 0.375. The lowest BCUT2D eigenvalue weighted by molar-refractivity contribution is -0.112. The van der Waals surface area contributed by atoms with E-state index in [-0.39, 0.29) is 16.6 Å². The van der Waals surface area contributed by atoms with E-state index in [1.165, 1.54) is 16.4 Å². The molecule has 2 aromatic carbocycles. The fourth-order valence-electron chi connectivity index (χ4n) is 4.94. The summed E-state index contributed by atoms with van der Waals surface area (Å²) in [5.41, 5.74) is 4.22. The topological polar surface area (TPSA) is 60.9 Å². The first-order valence-corrected chi connectivity index (χ1v) is 12.5. The van der Waals surface area contributed by atoms with Crippen LogP contribution >= 0.6 is 0 Å². The summed E-state index contributed by atoms with van der Waals surface area (Å²) >= 11 is 0. The van der Waals surface area contributed by atoms with Crippen molar-refractivity contribution >= 4 is 32.9 Å². The highest BCUT2D eigenvalue weighted by atomic mass is 32.2. The molecule has 1 saturated carbocycles. The van der Waals surface area contributed by atoms with Gasteiger partial charge in [-0.2, -0.15) is 4.31 Å². The zero-order valence-corrected chi connectivity index (χ0v) is 18.9. The van der Waals surface area contributed by atoms with Gasteiger partial charge in [0, 0.05) is 50.1 Å². The summed E-state index contributed by atoms with van der Waals surface area (Å²) in [5.74, 6) is -0.331. The van der Waals surface area contributed by atoms with Crippen LogP contribution < -0.4 is 9.80 Å². The summed E-state index contributed by atoms with van der Waals surface area (Å²) in [6.07, 6.45) is 3.94. The summed E-state index contributed by atoms with van der Waals surface area (Å²) < 4.78 is 41.5. The van der Waals surface area contributed by atoms with Crippen molar-refractivity contribution in [1.29, 1.82) is 0 Å². The zero-order valence-electron chi connectivity index (χ0n) is 18.1. The van der Waals surface area contributed by atoms with Crippen LogP contribution in [0.4, 0.5) is 15.8 Å². The Hall–Kier alpha value is -2.71. The van der Waals surface area contributed by atoms with E-state index < -0.39 is 10.0 Å². The number of allylic oxidation sites excluding steroid dienone is 1. The quantitative estimate of drug-likeness (QED) is 0.663. The van der Waals surface area contributed by atoms with Crippen LogP contribution in [0.25, 0.3) is 5.57 Å². The van der Waals surface area contributed by atoms with Gasteiger partial charge < -0.3 is 9.80 Å². The second kappa shape index (κ2) is 8.01. The van der Waals surface area contributed by atoms with Crippen LogP contribution in [0.1, 0.15) is 31.2 Å². The highest BCUT2D eigenvalue weighted by Gasteiger charge is 2.35. The van der Waals surface area contributed by atoms with Gasteiger partial charge in [0.25, 0.3) is 5.91 Å². The van der Waals surface area contributed by atoms with Crippen LogP contribution in [0.2, 0.25) is 0 Å². The average Bonchev–Trinajstić information content (AvgIpc) is 3.41. The Morgan fingerprint density at radius 1 is 0.906 bits per heavy atom. The Morgan fingerprint density at radius 2 is 1.56 bits per heavy atom. The minimum Gasteiger partial charge on any atom is -0.369 e. The van der Waals surface area contributed by atoms with E-state index in [1.54, 1.807) is 42.3 Å². The molecule has 2 aliphatic heterocycles. The summed E-state index contributed by atoms with van der Waals surface area (Å²) in [6.45, 7) is 1.77. The normalized spacial score (nSPS) is 19.8. The number of benzene rings is 2. The van der Waals surface area contributed by atoms with Gasteiger partial charge in [0.05, 0.1) is 10.6 Å². The van der Waals surface area contributed by atoms with E-state index in [9.17, 15) is 17.6 Å². The lowest BCUT2D eigenvalue weighted by Gasteiger charge is -2.35. The van der Waals surface area contributed by atoms with Crippen molar-refractivity contribution in [2.75, 3.05) is 43.0 Å². The summed E-state index contributed by atoms with van der Waals surface area (Å²) in [5, 5.41) is 0. The number of amides is 1. The Bertz CT molecular complexity index is 1190. The van der Waals surface area contributed by atoms with Gasteiger partial charge in [-0.1, -0.05) is 5.57 Å². The molecule has 168 valence electrons.